The van der Waals surface area contributed by atoms with Gasteiger partial charge in [0.1, 0.15) is 12.0 Å². The summed E-state index contributed by atoms with van der Waals surface area (Å²) in [7, 11) is 1.64. The van der Waals surface area contributed by atoms with E-state index in [0.29, 0.717) is 30.1 Å². The molecular formula is C23H26BF2N3O. The molecule has 0 radical (unpaired) electrons. The lowest BCUT2D eigenvalue weighted by Crippen LogP contribution is -2.50. The lowest BCUT2D eigenvalue weighted by Gasteiger charge is -2.32. The Morgan fingerprint density at radius 1 is 1.17 bits per heavy atom. The van der Waals surface area contributed by atoms with Crippen LogP contribution in [-0.2, 0) is 0 Å². The fraction of sp³-hybridized carbons (Fsp3) is 0.261. The van der Waals surface area contributed by atoms with Gasteiger partial charge < -0.3 is 28.1 Å². The number of aryl methyl sites for hydroxylation is 1. The molecule has 4 rings (SSSR count). The molecule has 2 aliphatic rings. The molecule has 0 spiro atoms. The van der Waals surface area contributed by atoms with Gasteiger partial charge in [-0.3, -0.25) is 0 Å². The van der Waals surface area contributed by atoms with Crippen molar-refractivity contribution in [3.05, 3.63) is 69.7 Å². The Balaban J connectivity index is 1.85. The average Bonchev–Trinajstić information content (AvgIpc) is 3.33. The van der Waals surface area contributed by atoms with E-state index in [2.05, 4.69) is 0 Å². The number of rotatable bonds is 5. The maximum atomic E-state index is 15.6. The van der Waals surface area contributed by atoms with Crippen LogP contribution in [0, 0.1) is 20.8 Å². The molecule has 2 N–H and O–H groups in total. The van der Waals surface area contributed by atoms with Crippen LogP contribution in [0.15, 0.2) is 36.0 Å². The number of aromatic nitrogens is 1. The molecule has 0 saturated heterocycles. The van der Waals surface area contributed by atoms with Gasteiger partial charge in [-0.05, 0) is 74.2 Å². The quantitative estimate of drug-likeness (QED) is 0.737. The molecule has 0 atom stereocenters. The van der Waals surface area contributed by atoms with Gasteiger partial charge in [0, 0.05) is 29.1 Å². The van der Waals surface area contributed by atoms with Crippen LogP contribution in [0.25, 0.3) is 17.7 Å². The second-order valence-corrected chi connectivity index (χ2v) is 7.82. The second kappa shape index (κ2) is 7.40. The number of hydrogen-bond donors (Lipinski definition) is 1. The van der Waals surface area contributed by atoms with Crippen molar-refractivity contribution in [3.8, 4) is 5.75 Å². The van der Waals surface area contributed by atoms with Crippen molar-refractivity contribution in [2.75, 3.05) is 13.7 Å². The highest BCUT2D eigenvalue weighted by Crippen LogP contribution is 2.40. The lowest BCUT2D eigenvalue weighted by molar-refractivity contribution is -0.356. The zero-order valence-electron chi connectivity index (χ0n) is 17.7. The summed E-state index contributed by atoms with van der Waals surface area (Å²) in [6.07, 6.45) is 9.08. The van der Waals surface area contributed by atoms with Crippen LogP contribution in [0.5, 0.6) is 5.75 Å². The molecule has 156 valence electrons. The molecule has 2 aromatic rings. The fourth-order valence-electron chi connectivity index (χ4n) is 4.48. The van der Waals surface area contributed by atoms with E-state index in [1.54, 1.807) is 25.3 Å². The Morgan fingerprint density at radius 2 is 1.93 bits per heavy atom. The first-order valence-electron chi connectivity index (χ1n) is 10.1. The Bertz CT molecular complexity index is 1160. The number of halogens is 2. The van der Waals surface area contributed by atoms with E-state index in [4.69, 9.17) is 10.5 Å². The van der Waals surface area contributed by atoms with Crippen LogP contribution < -0.4 is 10.5 Å². The predicted octanol–water partition coefficient (Wildman–Crippen LogP) is 4.54. The zero-order valence-corrected chi connectivity index (χ0v) is 17.7. The molecule has 1 aromatic carbocycles. The van der Waals surface area contributed by atoms with E-state index in [-0.39, 0.29) is 0 Å². The van der Waals surface area contributed by atoms with Gasteiger partial charge in [0.2, 0.25) is 0 Å². The van der Waals surface area contributed by atoms with Gasteiger partial charge in [0.15, 0.2) is 5.70 Å². The third-order valence-electron chi connectivity index (χ3n) is 6.10. The zero-order chi connectivity index (χ0) is 21.6. The number of hydrogen-bond acceptors (Lipinski definition) is 2. The highest BCUT2D eigenvalue weighted by atomic mass is 19.2. The van der Waals surface area contributed by atoms with E-state index in [1.807, 2.05) is 45.0 Å². The molecule has 7 heteroatoms. The van der Waals surface area contributed by atoms with Crippen molar-refractivity contribution in [1.29, 1.82) is 0 Å². The summed E-state index contributed by atoms with van der Waals surface area (Å²) < 4.78 is 38.8. The molecule has 0 saturated carbocycles. The van der Waals surface area contributed by atoms with E-state index in [9.17, 15) is 0 Å². The van der Waals surface area contributed by atoms with Crippen molar-refractivity contribution in [3.63, 3.8) is 0 Å². The van der Waals surface area contributed by atoms with Crippen molar-refractivity contribution in [2.24, 2.45) is 5.73 Å². The average molecular weight is 409 g/mol. The summed E-state index contributed by atoms with van der Waals surface area (Å²) in [6.45, 7) is 2.30. The molecular weight excluding hydrogens is 383 g/mol. The Labute approximate surface area is 175 Å². The van der Waals surface area contributed by atoms with Gasteiger partial charge in [-0.15, -0.1) is 0 Å². The van der Waals surface area contributed by atoms with E-state index >= 15 is 8.63 Å². The van der Waals surface area contributed by atoms with E-state index in [1.165, 1.54) is 10.7 Å². The third-order valence-corrected chi connectivity index (χ3v) is 6.10. The first-order valence-corrected chi connectivity index (χ1v) is 10.1. The second-order valence-electron chi connectivity index (χ2n) is 7.82. The Morgan fingerprint density at radius 3 is 2.63 bits per heavy atom. The van der Waals surface area contributed by atoms with Crippen LogP contribution in [0.3, 0.4) is 0 Å². The lowest BCUT2D eigenvalue weighted by atomic mass is 9.86. The minimum absolute atomic E-state index is 0.402. The van der Waals surface area contributed by atoms with Gasteiger partial charge >= 0.3 is 6.97 Å². The summed E-state index contributed by atoms with van der Waals surface area (Å²) in [5, 5.41) is 0. The van der Waals surface area contributed by atoms with E-state index in [0.717, 1.165) is 38.1 Å². The molecule has 0 fully saturated rings. The highest BCUT2D eigenvalue weighted by Gasteiger charge is 2.52. The number of ether oxygens (including phenoxy) is 1. The molecule has 2 aliphatic heterocycles. The summed E-state index contributed by atoms with van der Waals surface area (Å²) in [5.41, 5.74) is 12.2. The standard InChI is InChI=1S/C23H26BF2N3O/c1-15-14-19(9-7-18-8-10-22(30-4)17(3)16(18)2)29-23(15)20(11-12-27)21-6-5-13-28(21)24(29,25)26/h5-10,13-14H,11-12,27H2,1-4H3/b9-7+. The van der Waals surface area contributed by atoms with Crippen LogP contribution >= 0.6 is 0 Å². The van der Waals surface area contributed by atoms with Crippen LogP contribution in [0.2, 0.25) is 0 Å². The third kappa shape index (κ3) is 2.96. The number of nitrogens with zero attached hydrogens (tertiary/aromatic N) is 2. The van der Waals surface area contributed by atoms with Gasteiger partial charge in [0.05, 0.1) is 7.11 Å². The van der Waals surface area contributed by atoms with Crippen LogP contribution in [0.4, 0.5) is 8.63 Å². The van der Waals surface area contributed by atoms with Crippen LogP contribution in [-0.4, -0.2) is 35.8 Å². The number of fused-ring (bicyclic) bond motifs is 2. The minimum Gasteiger partial charge on any atom is -0.496 e. The first kappa shape index (κ1) is 20.4. The molecule has 0 unspecified atom stereocenters. The normalized spacial score (nSPS) is 16.8. The number of nitrogens with two attached hydrogens (primary N) is 1. The van der Waals surface area contributed by atoms with Crippen molar-refractivity contribution in [1.82, 2.24) is 4.48 Å². The summed E-state index contributed by atoms with van der Waals surface area (Å²) in [5.74, 6) is 0.816. The molecule has 0 bridgehead atoms. The van der Waals surface area contributed by atoms with Crippen LogP contribution in [0.1, 0.15) is 40.1 Å². The van der Waals surface area contributed by atoms with Gasteiger partial charge in [-0.2, -0.15) is 0 Å². The predicted molar refractivity (Wildman–Crippen MR) is 120 cm³/mol. The smallest absolute Gasteiger partial charge is 0.496 e. The molecule has 3 heterocycles. The van der Waals surface area contributed by atoms with Crippen molar-refractivity contribution < 1.29 is 17.9 Å². The monoisotopic (exact) mass is 409 g/mol. The van der Waals surface area contributed by atoms with Gasteiger partial charge in [-0.1, -0.05) is 12.1 Å². The minimum atomic E-state index is -3.99. The number of methoxy groups -OCH3 is 1. The SMILES string of the molecule is COc1ccc(/C=C/c2cc(C)c3n2[B-](F)(F)[N+]2=CC=CC2=C3CCN)c(C)c1C. The summed E-state index contributed by atoms with van der Waals surface area (Å²) in [4.78, 5) is 0. The topological polar surface area (TPSA) is 43.2 Å². The number of benzene rings is 1. The van der Waals surface area contributed by atoms with Crippen molar-refractivity contribution >= 4 is 30.9 Å². The van der Waals surface area contributed by atoms with E-state index < -0.39 is 6.97 Å². The molecule has 1 aromatic heterocycles. The summed E-state index contributed by atoms with van der Waals surface area (Å²) in [6, 6.07) is 5.68. The maximum absolute atomic E-state index is 15.6. The fourth-order valence-corrected chi connectivity index (χ4v) is 4.48. The molecule has 0 aliphatic carbocycles. The highest BCUT2D eigenvalue weighted by molar-refractivity contribution is 6.58. The van der Waals surface area contributed by atoms with Crippen molar-refractivity contribution in [2.45, 2.75) is 27.2 Å². The Kier molecular flexibility index (Phi) is 5.02. The first-order chi connectivity index (χ1) is 14.3. The molecule has 0 amide bonds. The molecule has 30 heavy (non-hydrogen) atoms. The number of allylic oxidation sites excluding steroid dienone is 2. The maximum Gasteiger partial charge on any atom is 0.737 e. The molecule has 4 nitrogen and oxygen atoms in total. The largest absolute Gasteiger partial charge is 0.737 e. The summed E-state index contributed by atoms with van der Waals surface area (Å²) >= 11 is 0. The van der Waals surface area contributed by atoms with Gasteiger partial charge in [-0.25, -0.2) is 0 Å². The Hall–Kier alpha value is -2.93. The van der Waals surface area contributed by atoms with Gasteiger partial charge in [0.25, 0.3) is 0 Å².